The fourth-order valence-electron chi connectivity index (χ4n) is 1.45. The lowest BCUT2D eigenvalue weighted by Gasteiger charge is -2.12. The number of halogens is 5. The molecule has 1 heterocycles. The molecule has 21 heavy (non-hydrogen) atoms. The van der Waals surface area contributed by atoms with Crippen molar-refractivity contribution in [3.8, 4) is 0 Å². The summed E-state index contributed by atoms with van der Waals surface area (Å²) in [5.74, 6) is 4.67. The first-order valence-corrected chi connectivity index (χ1v) is 6.61. The maximum Gasteiger partial charge on any atom is 0.433 e. The molecule has 5 nitrogen and oxygen atoms in total. The highest BCUT2D eigenvalue weighted by Gasteiger charge is 2.33. The van der Waals surface area contributed by atoms with E-state index in [2.05, 4.69) is 31.2 Å². The molecule has 0 saturated carbocycles. The van der Waals surface area contributed by atoms with E-state index in [1.54, 1.807) is 18.2 Å². The molecule has 0 bridgehead atoms. The third kappa shape index (κ3) is 3.96. The van der Waals surface area contributed by atoms with Crippen molar-refractivity contribution in [2.45, 2.75) is 6.18 Å². The van der Waals surface area contributed by atoms with E-state index in [0.29, 0.717) is 15.2 Å². The molecule has 2 aromatic rings. The second-order valence-corrected chi connectivity index (χ2v) is 5.14. The smallest absolute Gasteiger partial charge is 0.339 e. The van der Waals surface area contributed by atoms with Crippen molar-refractivity contribution in [3.63, 3.8) is 0 Å². The van der Waals surface area contributed by atoms with Gasteiger partial charge in [-0.1, -0.05) is 11.6 Å². The minimum Gasteiger partial charge on any atom is -0.339 e. The molecule has 10 heteroatoms. The molecular weight excluding hydrogens is 375 g/mol. The van der Waals surface area contributed by atoms with E-state index >= 15 is 0 Å². The summed E-state index contributed by atoms with van der Waals surface area (Å²) >= 11 is 9.04. The summed E-state index contributed by atoms with van der Waals surface area (Å²) in [5, 5.41) is 3.22. The van der Waals surface area contributed by atoms with Gasteiger partial charge in [-0.2, -0.15) is 18.2 Å². The molecule has 0 aliphatic heterocycles. The number of nitrogens with two attached hydrogens (primary N) is 1. The monoisotopic (exact) mass is 381 g/mol. The molecule has 0 aliphatic rings. The first-order chi connectivity index (χ1) is 9.79. The van der Waals surface area contributed by atoms with E-state index in [4.69, 9.17) is 17.4 Å². The topological polar surface area (TPSA) is 75.9 Å². The molecule has 0 atom stereocenters. The molecule has 0 spiro atoms. The predicted octanol–water partition coefficient (Wildman–Crippen LogP) is 3.94. The number of anilines is 3. The number of hydrogen-bond donors (Lipinski definition) is 3. The summed E-state index contributed by atoms with van der Waals surface area (Å²) in [5.41, 5.74) is 1.38. The zero-order valence-corrected chi connectivity index (χ0v) is 12.5. The van der Waals surface area contributed by atoms with Crippen molar-refractivity contribution in [2.24, 2.45) is 5.84 Å². The molecule has 112 valence electrons. The Bertz CT molecular complexity index is 665. The number of aromatic nitrogens is 2. The highest BCUT2D eigenvalue weighted by atomic mass is 79.9. The van der Waals surface area contributed by atoms with Crippen molar-refractivity contribution in [3.05, 3.63) is 39.5 Å². The summed E-state index contributed by atoms with van der Waals surface area (Å²) in [6.07, 6.45) is -4.61. The van der Waals surface area contributed by atoms with Crippen LogP contribution in [-0.4, -0.2) is 9.97 Å². The highest BCUT2D eigenvalue weighted by molar-refractivity contribution is 9.10. The van der Waals surface area contributed by atoms with Crippen LogP contribution in [0.25, 0.3) is 0 Å². The number of nitrogens with one attached hydrogen (secondary N) is 2. The Morgan fingerprint density at radius 3 is 2.48 bits per heavy atom. The summed E-state index contributed by atoms with van der Waals surface area (Å²) in [4.78, 5) is 7.07. The SMILES string of the molecule is NNc1nc(Nc2ccc(Cl)cc2Br)cc(C(F)(F)F)n1. The summed E-state index contributed by atoms with van der Waals surface area (Å²) in [6, 6.07) is 5.56. The van der Waals surface area contributed by atoms with Crippen LogP contribution in [0.5, 0.6) is 0 Å². The summed E-state index contributed by atoms with van der Waals surface area (Å²) in [6.45, 7) is 0. The largest absolute Gasteiger partial charge is 0.433 e. The molecule has 2 rings (SSSR count). The third-order valence-electron chi connectivity index (χ3n) is 2.34. The molecule has 1 aromatic heterocycles. The Labute approximate surface area is 130 Å². The number of nitrogen functional groups attached to an aromatic ring is 1. The second kappa shape index (κ2) is 6.04. The standard InChI is InChI=1S/C11H8BrClF3N5/c12-6-3-5(13)1-2-7(6)18-9-4-8(11(14,15)16)19-10(20-9)21-17/h1-4H,17H2,(H2,18,19,20,21). The van der Waals surface area contributed by atoms with Gasteiger partial charge in [0.25, 0.3) is 0 Å². The van der Waals surface area contributed by atoms with Gasteiger partial charge in [0, 0.05) is 15.6 Å². The van der Waals surface area contributed by atoms with Gasteiger partial charge < -0.3 is 5.32 Å². The zero-order chi connectivity index (χ0) is 15.6. The number of rotatable bonds is 3. The first-order valence-electron chi connectivity index (χ1n) is 5.44. The van der Waals surface area contributed by atoms with Crippen LogP contribution in [-0.2, 0) is 6.18 Å². The van der Waals surface area contributed by atoms with Gasteiger partial charge in [0.15, 0.2) is 5.69 Å². The normalized spacial score (nSPS) is 11.3. The Hall–Kier alpha value is -1.58. The van der Waals surface area contributed by atoms with Crippen LogP contribution in [0.3, 0.4) is 0 Å². The maximum absolute atomic E-state index is 12.7. The average Bonchev–Trinajstić information content (AvgIpc) is 2.40. The van der Waals surface area contributed by atoms with Gasteiger partial charge in [-0.3, -0.25) is 5.43 Å². The van der Waals surface area contributed by atoms with Gasteiger partial charge in [0.05, 0.1) is 5.69 Å². The Balaban J connectivity index is 2.39. The molecule has 0 aliphatic carbocycles. The lowest BCUT2D eigenvalue weighted by atomic mass is 10.3. The van der Waals surface area contributed by atoms with Gasteiger partial charge in [-0.15, -0.1) is 0 Å². The molecule has 0 unspecified atom stereocenters. The molecule has 0 saturated heterocycles. The minimum absolute atomic E-state index is 0.0618. The van der Waals surface area contributed by atoms with Gasteiger partial charge in [-0.25, -0.2) is 10.8 Å². The Kier molecular flexibility index (Phi) is 4.55. The van der Waals surface area contributed by atoms with Crippen molar-refractivity contribution in [1.29, 1.82) is 0 Å². The quantitative estimate of drug-likeness (QED) is 0.554. The number of benzene rings is 1. The van der Waals surface area contributed by atoms with Crippen LogP contribution >= 0.6 is 27.5 Å². The van der Waals surface area contributed by atoms with Crippen molar-refractivity contribution in [1.82, 2.24) is 9.97 Å². The van der Waals surface area contributed by atoms with Crippen LogP contribution in [0.1, 0.15) is 5.69 Å². The minimum atomic E-state index is -4.61. The van der Waals surface area contributed by atoms with Crippen LogP contribution in [0.15, 0.2) is 28.7 Å². The van der Waals surface area contributed by atoms with Gasteiger partial charge in [0.2, 0.25) is 5.95 Å². The van der Waals surface area contributed by atoms with Crippen LogP contribution < -0.4 is 16.6 Å². The van der Waals surface area contributed by atoms with Crippen molar-refractivity contribution < 1.29 is 13.2 Å². The predicted molar refractivity (Wildman–Crippen MR) is 77.3 cm³/mol. The van der Waals surface area contributed by atoms with E-state index in [1.807, 2.05) is 5.43 Å². The molecule has 0 radical (unpaired) electrons. The molecule has 4 N–H and O–H groups in total. The molecule has 1 aromatic carbocycles. The van der Waals surface area contributed by atoms with Crippen LogP contribution in [0, 0.1) is 0 Å². The van der Waals surface area contributed by atoms with E-state index in [1.165, 1.54) is 0 Å². The summed E-state index contributed by atoms with van der Waals surface area (Å²) in [7, 11) is 0. The van der Waals surface area contributed by atoms with Gasteiger partial charge in [0.1, 0.15) is 5.82 Å². The van der Waals surface area contributed by atoms with E-state index in [-0.39, 0.29) is 11.8 Å². The van der Waals surface area contributed by atoms with Crippen molar-refractivity contribution in [2.75, 3.05) is 10.7 Å². The maximum atomic E-state index is 12.7. The molecule has 0 amide bonds. The number of nitrogens with zero attached hydrogens (tertiary/aromatic N) is 2. The number of alkyl halides is 3. The molecule has 0 fully saturated rings. The lowest BCUT2D eigenvalue weighted by Crippen LogP contribution is -2.16. The first kappa shape index (κ1) is 15.8. The molecular formula is C11H8BrClF3N5. The zero-order valence-electron chi connectivity index (χ0n) is 10.2. The Morgan fingerprint density at radius 1 is 1.19 bits per heavy atom. The Morgan fingerprint density at radius 2 is 1.90 bits per heavy atom. The number of hydrazine groups is 1. The van der Waals surface area contributed by atoms with Gasteiger partial charge >= 0.3 is 6.18 Å². The fourth-order valence-corrected chi connectivity index (χ4v) is 2.23. The van der Waals surface area contributed by atoms with Crippen LogP contribution in [0.2, 0.25) is 5.02 Å². The van der Waals surface area contributed by atoms with E-state index in [0.717, 1.165) is 6.07 Å². The highest BCUT2D eigenvalue weighted by Crippen LogP contribution is 2.32. The third-order valence-corrected chi connectivity index (χ3v) is 3.23. The lowest BCUT2D eigenvalue weighted by molar-refractivity contribution is -0.141. The van der Waals surface area contributed by atoms with Crippen molar-refractivity contribution >= 4 is 45.0 Å². The van der Waals surface area contributed by atoms with Gasteiger partial charge in [-0.05, 0) is 34.1 Å². The number of hydrogen-bond acceptors (Lipinski definition) is 5. The second-order valence-electron chi connectivity index (χ2n) is 3.85. The average molecular weight is 383 g/mol. The van der Waals surface area contributed by atoms with E-state index < -0.39 is 11.9 Å². The summed E-state index contributed by atoms with van der Waals surface area (Å²) < 4.78 is 38.8. The fraction of sp³-hybridized carbons (Fsp3) is 0.0909. The van der Waals surface area contributed by atoms with Crippen LogP contribution in [0.4, 0.5) is 30.6 Å². The van der Waals surface area contributed by atoms with E-state index in [9.17, 15) is 13.2 Å².